The average Bonchev–Trinajstić information content (AvgIpc) is 2.64. The van der Waals surface area contributed by atoms with Crippen LogP contribution in [0.3, 0.4) is 0 Å². The first-order valence-electron chi connectivity index (χ1n) is 9.16. The highest BCUT2D eigenvalue weighted by molar-refractivity contribution is 5.89. The van der Waals surface area contributed by atoms with Crippen molar-refractivity contribution >= 4 is 11.7 Å². The van der Waals surface area contributed by atoms with Crippen LogP contribution in [-0.4, -0.2) is 67.1 Å². The molecule has 0 aliphatic heterocycles. The number of hydrogen-bond acceptors (Lipinski definition) is 6. The summed E-state index contributed by atoms with van der Waals surface area (Å²) in [6.45, 7) is 11.4. The number of carbonyl (C=O) groups is 1. The Hall–Kier alpha value is -1.83. The number of carboxylic acid groups (broad SMARTS) is 1. The standard InChI is InChI=1S/C11H15NO3.C8H19NO2/c1-2-3-6-15-10-5-4-8(11(13)14)7-9(10)12;1-3-9(4-2)5-7-11-8-6-10/h4-5,7H,2-3,6,12H2,1H3,(H,13,14);10H,3-8H2,1-2H3. The Bertz CT molecular complexity index is 493. The number of anilines is 1. The van der Waals surface area contributed by atoms with Gasteiger partial charge in [0.2, 0.25) is 0 Å². The number of unbranched alkanes of at least 4 members (excludes halogenated alkanes) is 1. The molecule has 1 aromatic rings. The maximum Gasteiger partial charge on any atom is 0.335 e. The second-order valence-electron chi connectivity index (χ2n) is 5.62. The molecule has 26 heavy (non-hydrogen) atoms. The molecule has 7 nitrogen and oxygen atoms in total. The van der Waals surface area contributed by atoms with Gasteiger partial charge in [-0.1, -0.05) is 27.2 Å². The number of hydrogen-bond donors (Lipinski definition) is 3. The Labute approximate surface area is 156 Å². The Balaban J connectivity index is 0.000000508. The third-order valence-corrected chi connectivity index (χ3v) is 3.69. The van der Waals surface area contributed by atoms with Crippen molar-refractivity contribution in [3.63, 3.8) is 0 Å². The zero-order valence-corrected chi connectivity index (χ0v) is 16.2. The molecule has 0 radical (unpaired) electrons. The van der Waals surface area contributed by atoms with Crippen LogP contribution >= 0.6 is 0 Å². The van der Waals surface area contributed by atoms with Gasteiger partial charge >= 0.3 is 5.97 Å². The molecule has 0 unspecified atom stereocenters. The number of aliphatic hydroxyl groups excluding tert-OH is 1. The first-order chi connectivity index (χ1) is 12.5. The highest BCUT2D eigenvalue weighted by Crippen LogP contribution is 2.22. The van der Waals surface area contributed by atoms with Gasteiger partial charge in [0.05, 0.1) is 37.7 Å². The van der Waals surface area contributed by atoms with E-state index in [9.17, 15) is 4.79 Å². The second-order valence-corrected chi connectivity index (χ2v) is 5.62. The van der Waals surface area contributed by atoms with E-state index in [1.807, 2.05) is 0 Å². The summed E-state index contributed by atoms with van der Waals surface area (Å²) in [6.07, 6.45) is 2.01. The summed E-state index contributed by atoms with van der Waals surface area (Å²) in [4.78, 5) is 12.9. The van der Waals surface area contributed by atoms with Gasteiger partial charge < -0.3 is 30.3 Å². The predicted molar refractivity (Wildman–Crippen MR) is 104 cm³/mol. The quantitative estimate of drug-likeness (QED) is 0.383. The van der Waals surface area contributed by atoms with Crippen molar-refractivity contribution in [3.05, 3.63) is 23.8 Å². The normalized spacial score (nSPS) is 10.3. The van der Waals surface area contributed by atoms with E-state index in [1.54, 1.807) is 6.07 Å². The van der Waals surface area contributed by atoms with E-state index in [2.05, 4.69) is 25.7 Å². The summed E-state index contributed by atoms with van der Waals surface area (Å²) < 4.78 is 10.5. The SMILES string of the molecule is CCCCOc1ccc(C(=O)O)cc1N.CCN(CC)CCOCCO. The molecule has 0 fully saturated rings. The van der Waals surface area contributed by atoms with Crippen LogP contribution in [0.15, 0.2) is 18.2 Å². The van der Waals surface area contributed by atoms with Crippen molar-refractivity contribution < 1.29 is 24.5 Å². The van der Waals surface area contributed by atoms with Crippen molar-refractivity contribution in [2.45, 2.75) is 33.6 Å². The lowest BCUT2D eigenvalue weighted by molar-refractivity contribution is 0.0697. The molecular formula is C19H34N2O5. The zero-order valence-electron chi connectivity index (χ0n) is 16.2. The lowest BCUT2D eigenvalue weighted by Crippen LogP contribution is -2.27. The molecule has 4 N–H and O–H groups in total. The summed E-state index contributed by atoms with van der Waals surface area (Å²) in [7, 11) is 0. The van der Waals surface area contributed by atoms with Crippen molar-refractivity contribution in [2.75, 3.05) is 51.8 Å². The first-order valence-corrected chi connectivity index (χ1v) is 9.16. The number of aliphatic hydroxyl groups is 1. The van der Waals surface area contributed by atoms with E-state index in [4.69, 9.17) is 25.4 Å². The maximum absolute atomic E-state index is 10.6. The number of nitrogens with two attached hydrogens (primary N) is 1. The van der Waals surface area contributed by atoms with Crippen LogP contribution in [0.5, 0.6) is 5.75 Å². The summed E-state index contributed by atoms with van der Waals surface area (Å²) in [6, 6.07) is 4.48. The minimum atomic E-state index is -0.984. The summed E-state index contributed by atoms with van der Waals surface area (Å²) in [5, 5.41) is 17.1. The molecule has 1 rings (SSSR count). The van der Waals surface area contributed by atoms with Gasteiger partial charge in [0, 0.05) is 6.54 Å². The number of ether oxygens (including phenoxy) is 2. The number of benzene rings is 1. The van der Waals surface area contributed by atoms with Gasteiger partial charge in [0.15, 0.2) is 0 Å². The molecule has 0 saturated heterocycles. The van der Waals surface area contributed by atoms with Crippen LogP contribution in [0, 0.1) is 0 Å². The number of nitrogen functional groups attached to an aromatic ring is 1. The molecule has 0 bridgehead atoms. The van der Waals surface area contributed by atoms with E-state index in [0.717, 1.165) is 39.1 Å². The van der Waals surface area contributed by atoms with Crippen LogP contribution in [0.25, 0.3) is 0 Å². The van der Waals surface area contributed by atoms with Gasteiger partial charge in [0.1, 0.15) is 5.75 Å². The van der Waals surface area contributed by atoms with Gasteiger partial charge in [-0.05, 0) is 37.7 Å². The molecule has 0 aliphatic rings. The van der Waals surface area contributed by atoms with Crippen molar-refractivity contribution in [3.8, 4) is 5.75 Å². The van der Waals surface area contributed by atoms with Gasteiger partial charge in [-0.25, -0.2) is 4.79 Å². The van der Waals surface area contributed by atoms with Crippen LogP contribution < -0.4 is 10.5 Å². The Morgan fingerprint density at radius 3 is 2.35 bits per heavy atom. The second kappa shape index (κ2) is 15.4. The van der Waals surface area contributed by atoms with Crippen molar-refractivity contribution in [1.82, 2.24) is 4.90 Å². The highest BCUT2D eigenvalue weighted by atomic mass is 16.5. The fourth-order valence-corrected chi connectivity index (χ4v) is 2.04. The average molecular weight is 370 g/mol. The van der Waals surface area contributed by atoms with Gasteiger partial charge in [0.25, 0.3) is 0 Å². The van der Waals surface area contributed by atoms with E-state index < -0.39 is 5.97 Å². The van der Waals surface area contributed by atoms with E-state index in [1.165, 1.54) is 12.1 Å². The van der Waals surface area contributed by atoms with E-state index in [0.29, 0.717) is 24.7 Å². The molecule has 7 heteroatoms. The maximum atomic E-state index is 10.6. The number of aromatic carboxylic acids is 1. The Kier molecular flexibility index (Phi) is 14.3. The highest BCUT2D eigenvalue weighted by Gasteiger charge is 2.06. The monoisotopic (exact) mass is 370 g/mol. The summed E-state index contributed by atoms with van der Waals surface area (Å²) in [5.74, 6) is -0.435. The van der Waals surface area contributed by atoms with Crippen molar-refractivity contribution in [2.24, 2.45) is 0 Å². The number of rotatable bonds is 12. The van der Waals surface area contributed by atoms with Crippen molar-refractivity contribution in [1.29, 1.82) is 0 Å². The smallest absolute Gasteiger partial charge is 0.335 e. The molecule has 0 aromatic heterocycles. The third-order valence-electron chi connectivity index (χ3n) is 3.69. The molecule has 1 aromatic carbocycles. The topological polar surface area (TPSA) is 105 Å². The van der Waals surface area contributed by atoms with Crippen LogP contribution in [0.4, 0.5) is 5.69 Å². The van der Waals surface area contributed by atoms with E-state index in [-0.39, 0.29) is 12.2 Å². The predicted octanol–water partition coefficient (Wildman–Crippen LogP) is 2.48. The largest absolute Gasteiger partial charge is 0.491 e. The lowest BCUT2D eigenvalue weighted by Gasteiger charge is -2.17. The lowest BCUT2D eigenvalue weighted by atomic mass is 10.2. The Morgan fingerprint density at radius 1 is 1.15 bits per heavy atom. The number of carboxylic acids is 1. The van der Waals surface area contributed by atoms with Gasteiger partial charge in [-0.3, -0.25) is 0 Å². The first kappa shape index (κ1) is 24.2. The number of nitrogens with zero attached hydrogens (tertiary/aromatic N) is 1. The van der Waals surface area contributed by atoms with Gasteiger partial charge in [-0.15, -0.1) is 0 Å². The van der Waals surface area contributed by atoms with Crippen LogP contribution in [0.1, 0.15) is 44.0 Å². The van der Waals surface area contributed by atoms with Crippen LogP contribution in [-0.2, 0) is 4.74 Å². The molecule has 0 aliphatic carbocycles. The number of likely N-dealkylation sites (N-methyl/N-ethyl adjacent to an activating group) is 1. The van der Waals surface area contributed by atoms with E-state index >= 15 is 0 Å². The molecule has 150 valence electrons. The van der Waals surface area contributed by atoms with Gasteiger partial charge in [-0.2, -0.15) is 0 Å². The zero-order chi connectivity index (χ0) is 19.8. The molecule has 0 amide bonds. The minimum absolute atomic E-state index is 0.123. The Morgan fingerprint density at radius 2 is 1.85 bits per heavy atom. The molecule has 0 atom stereocenters. The fraction of sp³-hybridized carbons (Fsp3) is 0.632. The molecule has 0 spiro atoms. The molecule has 0 heterocycles. The fourth-order valence-electron chi connectivity index (χ4n) is 2.04. The molecule has 0 saturated carbocycles. The summed E-state index contributed by atoms with van der Waals surface area (Å²) in [5.41, 5.74) is 6.20. The molecular weight excluding hydrogens is 336 g/mol. The summed E-state index contributed by atoms with van der Waals surface area (Å²) >= 11 is 0. The van der Waals surface area contributed by atoms with Crippen LogP contribution in [0.2, 0.25) is 0 Å². The minimum Gasteiger partial charge on any atom is -0.491 e. The third kappa shape index (κ3) is 10.9.